The van der Waals surface area contributed by atoms with Crippen molar-refractivity contribution in [3.8, 4) is 5.69 Å². The molecule has 27 heavy (non-hydrogen) atoms. The van der Waals surface area contributed by atoms with E-state index in [1.807, 2.05) is 48.9 Å². The van der Waals surface area contributed by atoms with Crippen LogP contribution in [0.5, 0.6) is 0 Å². The molecule has 1 atom stereocenters. The SMILES string of the molecule is COC(=O)C[C@@H]1N=C(c2ccccc2)c2c(cn(C)c2C)-n2c(C)nnc21. The third-order valence-electron chi connectivity index (χ3n) is 5.01. The Labute approximate surface area is 157 Å². The zero-order valence-corrected chi connectivity index (χ0v) is 15.8. The summed E-state index contributed by atoms with van der Waals surface area (Å²) < 4.78 is 8.96. The number of methoxy groups -OCH3 is 1. The Morgan fingerprint density at radius 1 is 1.19 bits per heavy atom. The van der Waals surface area contributed by atoms with Crippen LogP contribution in [-0.2, 0) is 16.6 Å². The lowest BCUT2D eigenvalue weighted by Gasteiger charge is -2.12. The number of benzene rings is 1. The molecule has 1 aliphatic rings. The quantitative estimate of drug-likeness (QED) is 0.671. The van der Waals surface area contributed by atoms with Gasteiger partial charge in [-0.3, -0.25) is 14.4 Å². The number of ether oxygens (including phenoxy) is 1. The minimum absolute atomic E-state index is 0.112. The molecular weight excluding hydrogens is 342 g/mol. The summed E-state index contributed by atoms with van der Waals surface area (Å²) in [6, 6.07) is 9.55. The Hall–Kier alpha value is -3.22. The first-order chi connectivity index (χ1) is 13.0. The van der Waals surface area contributed by atoms with Gasteiger partial charge in [0.1, 0.15) is 11.9 Å². The van der Waals surface area contributed by atoms with E-state index >= 15 is 0 Å². The fraction of sp³-hybridized carbons (Fsp3) is 0.300. The van der Waals surface area contributed by atoms with Crippen molar-refractivity contribution in [2.45, 2.75) is 26.3 Å². The number of aliphatic imine (C=N–C) groups is 1. The molecule has 1 aromatic carbocycles. The fourth-order valence-corrected chi connectivity index (χ4v) is 3.53. The van der Waals surface area contributed by atoms with Crippen molar-refractivity contribution in [2.75, 3.05) is 7.11 Å². The zero-order chi connectivity index (χ0) is 19.1. The van der Waals surface area contributed by atoms with E-state index in [9.17, 15) is 4.79 Å². The van der Waals surface area contributed by atoms with Crippen LogP contribution < -0.4 is 0 Å². The maximum atomic E-state index is 12.0. The van der Waals surface area contributed by atoms with Gasteiger partial charge in [-0.1, -0.05) is 30.3 Å². The normalized spacial score (nSPS) is 15.6. The number of hydrogen-bond donors (Lipinski definition) is 0. The van der Waals surface area contributed by atoms with Crippen molar-refractivity contribution < 1.29 is 9.53 Å². The molecule has 3 heterocycles. The Balaban J connectivity index is 2.02. The number of aromatic nitrogens is 4. The average molecular weight is 363 g/mol. The molecule has 0 saturated heterocycles. The van der Waals surface area contributed by atoms with Crippen LogP contribution in [0.3, 0.4) is 0 Å². The van der Waals surface area contributed by atoms with Crippen LogP contribution in [0.25, 0.3) is 5.69 Å². The molecule has 2 aromatic heterocycles. The Bertz CT molecular complexity index is 1050. The largest absolute Gasteiger partial charge is 0.469 e. The van der Waals surface area contributed by atoms with E-state index in [0.29, 0.717) is 5.82 Å². The fourth-order valence-electron chi connectivity index (χ4n) is 3.53. The molecule has 0 unspecified atom stereocenters. The van der Waals surface area contributed by atoms with Gasteiger partial charge in [-0.05, 0) is 13.8 Å². The highest BCUT2D eigenvalue weighted by Crippen LogP contribution is 2.34. The average Bonchev–Trinajstić information content (AvgIpc) is 3.15. The van der Waals surface area contributed by atoms with Gasteiger partial charge in [-0.15, -0.1) is 10.2 Å². The smallest absolute Gasteiger partial charge is 0.308 e. The summed E-state index contributed by atoms with van der Waals surface area (Å²) in [6.07, 6.45) is 2.17. The topological polar surface area (TPSA) is 74.3 Å². The van der Waals surface area contributed by atoms with E-state index in [-0.39, 0.29) is 12.4 Å². The standard InChI is InChI=1S/C20H21N5O2/c1-12-18-16(11-24(12)3)25-13(2)22-23-20(25)15(10-17(26)27-4)21-19(18)14-8-6-5-7-9-14/h5-9,11,15H,10H2,1-4H3/t15-/m0/s1. The van der Waals surface area contributed by atoms with Crippen molar-refractivity contribution in [2.24, 2.45) is 12.0 Å². The van der Waals surface area contributed by atoms with Crippen molar-refractivity contribution in [1.82, 2.24) is 19.3 Å². The molecule has 7 heteroatoms. The highest BCUT2D eigenvalue weighted by atomic mass is 16.5. The van der Waals surface area contributed by atoms with Crippen LogP contribution in [0.4, 0.5) is 0 Å². The molecule has 0 fully saturated rings. The lowest BCUT2D eigenvalue weighted by atomic mass is 10.0. The number of nitrogens with zero attached hydrogens (tertiary/aromatic N) is 5. The van der Waals surface area contributed by atoms with Crippen molar-refractivity contribution in [1.29, 1.82) is 0 Å². The van der Waals surface area contributed by atoms with Crippen LogP contribution in [0.1, 0.15) is 40.9 Å². The summed E-state index contributed by atoms with van der Waals surface area (Å²) in [4.78, 5) is 17.0. The van der Waals surface area contributed by atoms with E-state index in [1.165, 1.54) is 7.11 Å². The summed E-state index contributed by atoms with van der Waals surface area (Å²) in [5.41, 5.74) is 4.94. The predicted molar refractivity (Wildman–Crippen MR) is 101 cm³/mol. The van der Waals surface area contributed by atoms with Gasteiger partial charge < -0.3 is 9.30 Å². The lowest BCUT2D eigenvalue weighted by molar-refractivity contribution is -0.141. The van der Waals surface area contributed by atoms with E-state index < -0.39 is 6.04 Å². The molecule has 1 aliphatic heterocycles. The molecule has 0 spiro atoms. The molecule has 0 amide bonds. The van der Waals surface area contributed by atoms with Crippen LogP contribution >= 0.6 is 0 Å². The number of carbonyl (C=O) groups is 1. The van der Waals surface area contributed by atoms with Crippen molar-refractivity contribution in [3.63, 3.8) is 0 Å². The first-order valence-corrected chi connectivity index (χ1v) is 8.80. The highest BCUT2D eigenvalue weighted by molar-refractivity contribution is 6.16. The van der Waals surface area contributed by atoms with Crippen LogP contribution in [0, 0.1) is 13.8 Å². The minimum atomic E-state index is -0.467. The first kappa shape index (κ1) is 17.2. The van der Waals surface area contributed by atoms with Gasteiger partial charge in [0.05, 0.1) is 24.9 Å². The summed E-state index contributed by atoms with van der Waals surface area (Å²) in [5, 5.41) is 8.58. The molecule has 0 saturated carbocycles. The van der Waals surface area contributed by atoms with Crippen molar-refractivity contribution in [3.05, 3.63) is 65.0 Å². The van der Waals surface area contributed by atoms with Gasteiger partial charge in [0.25, 0.3) is 0 Å². The second-order valence-electron chi connectivity index (χ2n) is 6.67. The van der Waals surface area contributed by atoms with Gasteiger partial charge in [-0.25, -0.2) is 0 Å². The Morgan fingerprint density at radius 2 is 1.93 bits per heavy atom. The van der Waals surface area contributed by atoms with E-state index in [1.54, 1.807) is 0 Å². The summed E-state index contributed by atoms with van der Waals surface area (Å²) in [5.74, 6) is 1.08. The molecular formula is C20H21N5O2. The molecule has 7 nitrogen and oxygen atoms in total. The zero-order valence-electron chi connectivity index (χ0n) is 15.8. The number of esters is 1. The third kappa shape index (κ3) is 2.75. The monoisotopic (exact) mass is 363 g/mol. The Kier molecular flexibility index (Phi) is 4.14. The number of carbonyl (C=O) groups excluding carboxylic acids is 1. The van der Waals surface area contributed by atoms with Gasteiger partial charge in [0.2, 0.25) is 0 Å². The highest BCUT2D eigenvalue weighted by Gasteiger charge is 2.31. The number of hydrogen-bond acceptors (Lipinski definition) is 5. The van der Waals surface area contributed by atoms with E-state index in [2.05, 4.69) is 27.9 Å². The summed E-state index contributed by atoms with van der Waals surface area (Å²) >= 11 is 0. The predicted octanol–water partition coefficient (Wildman–Crippen LogP) is 2.68. The van der Waals surface area contributed by atoms with Gasteiger partial charge in [-0.2, -0.15) is 0 Å². The molecule has 138 valence electrons. The number of aryl methyl sites for hydroxylation is 2. The minimum Gasteiger partial charge on any atom is -0.469 e. The second-order valence-corrected chi connectivity index (χ2v) is 6.67. The Morgan fingerprint density at radius 3 is 2.63 bits per heavy atom. The lowest BCUT2D eigenvalue weighted by Crippen LogP contribution is -2.12. The van der Waals surface area contributed by atoms with Crippen LogP contribution in [0.15, 0.2) is 41.5 Å². The molecule has 0 bridgehead atoms. The van der Waals surface area contributed by atoms with Gasteiger partial charge in [0.15, 0.2) is 5.82 Å². The summed E-state index contributed by atoms with van der Waals surface area (Å²) in [7, 11) is 3.40. The number of rotatable bonds is 3. The number of fused-ring (bicyclic) bond motifs is 3. The summed E-state index contributed by atoms with van der Waals surface area (Å²) in [6.45, 7) is 3.97. The first-order valence-electron chi connectivity index (χ1n) is 8.80. The molecule has 0 radical (unpaired) electrons. The molecule has 0 aliphatic carbocycles. The second kappa shape index (κ2) is 6.50. The van der Waals surface area contributed by atoms with Crippen LogP contribution in [0.2, 0.25) is 0 Å². The molecule has 0 N–H and O–H groups in total. The van der Waals surface area contributed by atoms with E-state index in [0.717, 1.165) is 34.0 Å². The van der Waals surface area contributed by atoms with E-state index in [4.69, 9.17) is 9.73 Å². The maximum Gasteiger partial charge on any atom is 0.308 e. The van der Waals surface area contributed by atoms with Gasteiger partial charge in [0, 0.05) is 30.1 Å². The molecule has 3 aromatic rings. The maximum absolute atomic E-state index is 12.0. The van der Waals surface area contributed by atoms with Gasteiger partial charge >= 0.3 is 5.97 Å². The van der Waals surface area contributed by atoms with Crippen molar-refractivity contribution >= 4 is 11.7 Å². The van der Waals surface area contributed by atoms with Crippen LogP contribution in [-0.4, -0.2) is 38.1 Å². The third-order valence-corrected chi connectivity index (χ3v) is 5.01. The molecule has 4 rings (SSSR count).